The van der Waals surface area contributed by atoms with Crippen molar-refractivity contribution in [3.05, 3.63) is 36.5 Å². The van der Waals surface area contributed by atoms with Crippen molar-refractivity contribution in [2.75, 3.05) is 40.9 Å². The third-order valence-corrected chi connectivity index (χ3v) is 15.3. The first-order valence-corrected chi connectivity index (χ1v) is 32.8. The Bertz CT molecular complexity index is 1270. The Labute approximate surface area is 448 Å². The first-order valence-electron chi connectivity index (χ1n) is 31.4. The van der Waals surface area contributed by atoms with Gasteiger partial charge in [-0.15, -0.1) is 0 Å². The number of nitrogens with zero attached hydrogens (tertiary/aromatic N) is 1. The van der Waals surface area contributed by atoms with E-state index in [9.17, 15) is 19.4 Å². The Balaban J connectivity index is 4.00. The van der Waals surface area contributed by atoms with E-state index in [1.54, 1.807) is 6.08 Å². The number of carbonyl (C=O) groups is 1. The van der Waals surface area contributed by atoms with Crippen molar-refractivity contribution in [1.82, 2.24) is 5.32 Å². The first kappa shape index (κ1) is 70.7. The quantitative estimate of drug-likeness (QED) is 0.0272. The molecule has 3 atom stereocenters. The molecule has 9 heteroatoms. The highest BCUT2D eigenvalue weighted by Crippen LogP contribution is 2.38. The zero-order valence-corrected chi connectivity index (χ0v) is 49.5. The van der Waals surface area contributed by atoms with Gasteiger partial charge in [0.1, 0.15) is 13.2 Å². The molecule has 0 bridgehead atoms. The molecule has 0 radical (unpaired) electrons. The van der Waals surface area contributed by atoms with Crippen molar-refractivity contribution in [1.29, 1.82) is 0 Å². The molecule has 0 saturated heterocycles. The topological polar surface area (TPSA) is 108 Å². The Kier molecular flexibility index (Phi) is 53.5. The van der Waals surface area contributed by atoms with Crippen LogP contribution in [-0.4, -0.2) is 68.5 Å². The van der Waals surface area contributed by atoms with Gasteiger partial charge in [0.05, 0.1) is 39.9 Å². The summed E-state index contributed by atoms with van der Waals surface area (Å²) < 4.78 is 23.3. The smallest absolute Gasteiger partial charge is 0.268 e. The summed E-state index contributed by atoms with van der Waals surface area (Å²) in [5.41, 5.74) is 0. The highest BCUT2D eigenvalue weighted by atomic mass is 31.2. The van der Waals surface area contributed by atoms with Crippen molar-refractivity contribution in [3.63, 3.8) is 0 Å². The summed E-state index contributed by atoms with van der Waals surface area (Å²) in [7, 11) is 1.25. The van der Waals surface area contributed by atoms with Crippen LogP contribution in [0.1, 0.15) is 309 Å². The number of phosphoric ester groups is 1. The van der Waals surface area contributed by atoms with Gasteiger partial charge in [0.25, 0.3) is 7.82 Å². The van der Waals surface area contributed by atoms with Gasteiger partial charge in [-0.2, -0.15) is 0 Å². The number of amides is 1. The molecule has 0 aromatic carbocycles. The molecule has 1 amide bonds. The van der Waals surface area contributed by atoms with Gasteiger partial charge in [-0.05, 0) is 44.9 Å². The van der Waals surface area contributed by atoms with Crippen molar-refractivity contribution in [2.45, 2.75) is 321 Å². The van der Waals surface area contributed by atoms with Gasteiger partial charge in [0.15, 0.2) is 0 Å². The van der Waals surface area contributed by atoms with E-state index in [-0.39, 0.29) is 12.5 Å². The maximum Gasteiger partial charge on any atom is 0.268 e. The van der Waals surface area contributed by atoms with Crippen LogP contribution in [0.3, 0.4) is 0 Å². The maximum absolute atomic E-state index is 13.0. The number of aliphatic hydroxyl groups is 1. The predicted molar refractivity (Wildman–Crippen MR) is 311 cm³/mol. The zero-order valence-electron chi connectivity index (χ0n) is 48.6. The number of hydrogen-bond acceptors (Lipinski definition) is 6. The number of nitrogens with one attached hydrogen (secondary N) is 1. The largest absolute Gasteiger partial charge is 0.756 e. The van der Waals surface area contributed by atoms with Crippen LogP contribution in [0.2, 0.25) is 0 Å². The van der Waals surface area contributed by atoms with Crippen LogP contribution in [-0.2, 0) is 18.4 Å². The summed E-state index contributed by atoms with van der Waals surface area (Å²) in [5, 5.41) is 13.9. The molecule has 0 rings (SSSR count). The fourth-order valence-electron chi connectivity index (χ4n) is 9.42. The van der Waals surface area contributed by atoms with E-state index in [0.29, 0.717) is 17.4 Å². The lowest BCUT2D eigenvalue weighted by Gasteiger charge is -2.29. The molecule has 426 valence electrons. The number of likely N-dealkylation sites (N-methyl/N-ethyl adjacent to an activating group) is 1. The zero-order chi connectivity index (χ0) is 52.7. The summed E-state index contributed by atoms with van der Waals surface area (Å²) >= 11 is 0. The Hall–Kier alpha value is -1.28. The summed E-state index contributed by atoms with van der Waals surface area (Å²) in [4.78, 5) is 25.5. The van der Waals surface area contributed by atoms with E-state index >= 15 is 0 Å². The molecule has 0 aromatic heterocycles. The van der Waals surface area contributed by atoms with Crippen molar-refractivity contribution in [2.24, 2.45) is 0 Å². The number of rotatable bonds is 58. The Morgan fingerprint density at radius 2 is 0.778 bits per heavy atom. The van der Waals surface area contributed by atoms with Crippen molar-refractivity contribution < 1.29 is 32.9 Å². The van der Waals surface area contributed by atoms with E-state index < -0.39 is 26.6 Å². The van der Waals surface area contributed by atoms with Crippen LogP contribution in [0.25, 0.3) is 0 Å². The monoisotopic (exact) mass is 1030 g/mol. The van der Waals surface area contributed by atoms with Crippen LogP contribution in [0.5, 0.6) is 0 Å². The number of unbranched alkanes of at least 4 members (excludes halogenated alkanes) is 41. The second kappa shape index (κ2) is 54.5. The second-order valence-corrected chi connectivity index (χ2v) is 24.2. The summed E-state index contributed by atoms with van der Waals surface area (Å²) in [6.07, 6.45) is 71.2. The van der Waals surface area contributed by atoms with Crippen LogP contribution in [0.4, 0.5) is 0 Å². The standard InChI is InChI=1S/C63H123N2O6P/c1-6-8-10-12-14-16-18-20-22-24-25-26-27-28-29-30-31-32-33-34-35-36-37-38-39-40-41-43-45-47-49-51-53-55-57-63(67)64-61(60-71-72(68,69)70-59-58-65(3,4)5)62(66)56-54-52-50-48-46-44-42-23-21-19-17-15-13-11-9-7-2/h21,23,46,48,54,56,61-62,66H,6-20,22,24-45,47,49-53,55,57-60H2,1-5H3,(H-,64,67,68,69)/b23-21+,48-46+,56-54+. The lowest BCUT2D eigenvalue weighted by molar-refractivity contribution is -0.870. The van der Waals surface area contributed by atoms with E-state index in [2.05, 4.69) is 43.5 Å². The van der Waals surface area contributed by atoms with Gasteiger partial charge in [-0.3, -0.25) is 9.36 Å². The van der Waals surface area contributed by atoms with E-state index in [0.717, 1.165) is 44.9 Å². The predicted octanol–water partition coefficient (Wildman–Crippen LogP) is 18.7. The molecule has 0 aromatic rings. The van der Waals surface area contributed by atoms with Crippen molar-refractivity contribution in [3.8, 4) is 0 Å². The number of phosphoric acid groups is 1. The molecule has 8 nitrogen and oxygen atoms in total. The second-order valence-electron chi connectivity index (χ2n) is 22.8. The number of hydrogen-bond donors (Lipinski definition) is 2. The molecule has 3 unspecified atom stereocenters. The summed E-state index contributed by atoms with van der Waals surface area (Å²) in [6, 6.07) is -0.908. The number of aliphatic hydroxyl groups excluding tert-OH is 1. The highest BCUT2D eigenvalue weighted by molar-refractivity contribution is 7.45. The summed E-state index contributed by atoms with van der Waals surface area (Å²) in [5.74, 6) is -0.206. The normalized spacial score (nSPS) is 14.0. The third-order valence-electron chi connectivity index (χ3n) is 14.3. The molecular weight excluding hydrogens is 912 g/mol. The molecule has 0 aliphatic heterocycles. The Morgan fingerprint density at radius 1 is 0.472 bits per heavy atom. The van der Waals surface area contributed by atoms with Crippen LogP contribution >= 0.6 is 7.82 Å². The van der Waals surface area contributed by atoms with Crippen LogP contribution < -0.4 is 10.2 Å². The number of carbonyl (C=O) groups excluding carboxylic acids is 1. The van der Waals surface area contributed by atoms with Crippen LogP contribution in [0, 0.1) is 0 Å². The Morgan fingerprint density at radius 3 is 1.12 bits per heavy atom. The molecule has 0 aliphatic rings. The first-order chi connectivity index (χ1) is 35.0. The number of allylic oxidation sites excluding steroid dienone is 5. The molecule has 0 fully saturated rings. The highest BCUT2D eigenvalue weighted by Gasteiger charge is 2.23. The van der Waals surface area contributed by atoms with E-state index in [1.165, 1.54) is 244 Å². The minimum Gasteiger partial charge on any atom is -0.756 e. The van der Waals surface area contributed by atoms with Gasteiger partial charge in [-0.1, -0.05) is 294 Å². The summed E-state index contributed by atoms with van der Waals surface area (Å²) in [6.45, 7) is 4.65. The number of quaternary nitrogens is 1. The lowest BCUT2D eigenvalue weighted by Crippen LogP contribution is -2.45. The fraction of sp³-hybridized carbons (Fsp3) is 0.889. The molecule has 72 heavy (non-hydrogen) atoms. The minimum atomic E-state index is -4.61. The van der Waals surface area contributed by atoms with E-state index in [4.69, 9.17) is 9.05 Å². The fourth-order valence-corrected chi connectivity index (χ4v) is 10.1. The molecule has 0 spiro atoms. The SMILES string of the molecule is CCCCCCCC/C=C/CC/C=C/CC/C=C/C(O)C(COP(=O)([O-])OCC[N+](C)(C)C)NC(=O)CCCCCCCCCCCCCCCCCCCCCCCCCCCCCCCCCCCC. The molecule has 0 saturated carbocycles. The molecule has 0 aliphatic carbocycles. The van der Waals surface area contributed by atoms with Gasteiger partial charge >= 0.3 is 0 Å². The van der Waals surface area contributed by atoms with E-state index in [1.807, 2.05) is 27.2 Å². The molecular formula is C63H123N2O6P. The average molecular weight is 1040 g/mol. The third kappa shape index (κ3) is 56.4. The molecule has 0 heterocycles. The lowest BCUT2D eigenvalue weighted by atomic mass is 10.0. The average Bonchev–Trinajstić information content (AvgIpc) is 3.34. The van der Waals surface area contributed by atoms with Gasteiger partial charge < -0.3 is 28.8 Å². The van der Waals surface area contributed by atoms with Gasteiger partial charge in [0.2, 0.25) is 5.91 Å². The molecule has 2 N–H and O–H groups in total. The van der Waals surface area contributed by atoms with Gasteiger partial charge in [0, 0.05) is 6.42 Å². The van der Waals surface area contributed by atoms with Crippen molar-refractivity contribution >= 4 is 13.7 Å². The van der Waals surface area contributed by atoms with Gasteiger partial charge in [-0.25, -0.2) is 0 Å². The maximum atomic E-state index is 13.0. The minimum absolute atomic E-state index is 0.00744. The van der Waals surface area contributed by atoms with Crippen LogP contribution in [0.15, 0.2) is 36.5 Å².